The first kappa shape index (κ1) is 39.0. The van der Waals surface area contributed by atoms with Gasteiger partial charge < -0.3 is 24.4 Å². The van der Waals surface area contributed by atoms with Crippen molar-refractivity contribution in [1.82, 2.24) is 5.32 Å². The highest BCUT2D eigenvalue weighted by Crippen LogP contribution is 2.42. The van der Waals surface area contributed by atoms with Gasteiger partial charge in [0.05, 0.1) is 0 Å². The molecule has 252 valence electrons. The number of nitrogens with one attached hydrogen (secondary N) is 1. The van der Waals surface area contributed by atoms with E-state index in [9.17, 15) is 19.8 Å². The van der Waals surface area contributed by atoms with Crippen LogP contribution in [0, 0.1) is 0 Å². The van der Waals surface area contributed by atoms with Gasteiger partial charge in [-0.05, 0) is 79.5 Å². The van der Waals surface area contributed by atoms with Crippen molar-refractivity contribution < 1.29 is 28.7 Å². The van der Waals surface area contributed by atoms with Gasteiger partial charge in [0.1, 0.15) is 5.54 Å². The second-order valence-electron chi connectivity index (χ2n) is 15.5. The van der Waals surface area contributed by atoms with Gasteiger partial charge in [-0.1, -0.05) is 96.1 Å². The predicted molar refractivity (Wildman–Crippen MR) is 188 cm³/mol. The van der Waals surface area contributed by atoms with Gasteiger partial charge in [0.25, 0.3) is 0 Å². The van der Waals surface area contributed by atoms with E-state index >= 15 is 0 Å². The fourth-order valence-corrected chi connectivity index (χ4v) is 6.86. The number of aliphatic hydroxyl groups excluding tert-OH is 2. The molecule has 2 atom stereocenters. The summed E-state index contributed by atoms with van der Waals surface area (Å²) in [6.45, 7) is 21.9. The Morgan fingerprint density at radius 3 is 1.64 bits per heavy atom. The summed E-state index contributed by atoms with van der Waals surface area (Å²) in [5.41, 5.74) is 1.23. The van der Waals surface area contributed by atoms with Gasteiger partial charge in [-0.3, -0.25) is 9.59 Å². The van der Waals surface area contributed by atoms with Crippen LogP contribution in [0.4, 0.5) is 0 Å². The minimum absolute atomic E-state index is 0.110. The first-order chi connectivity index (χ1) is 20.6. The molecule has 7 nitrogen and oxygen atoms in total. The zero-order valence-electron chi connectivity index (χ0n) is 29.6. The van der Waals surface area contributed by atoms with E-state index in [0.29, 0.717) is 18.4 Å². The Labute approximate surface area is 274 Å². The molecule has 0 radical (unpaired) electrons. The Morgan fingerprint density at radius 2 is 1.20 bits per heavy atom. The molecule has 2 unspecified atom stereocenters. The molecule has 0 fully saturated rings. The number of aliphatic hydroxyl groups is 2. The molecule has 9 heteroatoms. The number of ketones is 1. The van der Waals surface area contributed by atoms with Crippen molar-refractivity contribution in [2.45, 2.75) is 141 Å². The Kier molecular flexibility index (Phi) is 13.6. The molecule has 0 saturated heterocycles. The average molecular weight is 658 g/mol. The highest BCUT2D eigenvalue weighted by atomic mass is 28.4. The van der Waals surface area contributed by atoms with Gasteiger partial charge >= 0.3 is 0 Å². The largest absolute Gasteiger partial charge is 0.391 e. The normalized spacial score (nSPS) is 15.7. The van der Waals surface area contributed by atoms with Crippen LogP contribution >= 0.6 is 0 Å². The smallest absolute Gasteiger partial charge is 0.217 e. The topological polar surface area (TPSA) is 105 Å². The summed E-state index contributed by atoms with van der Waals surface area (Å²) in [4.78, 5) is 25.5. The van der Waals surface area contributed by atoms with Gasteiger partial charge in [0, 0.05) is 18.9 Å². The van der Waals surface area contributed by atoms with E-state index in [2.05, 4.69) is 59.0 Å². The number of Topliss-reactive ketones (excluding diaryl/α,β-unsaturated/α-hetero) is 1. The molecule has 0 aliphatic rings. The highest BCUT2D eigenvalue weighted by Gasteiger charge is 2.53. The van der Waals surface area contributed by atoms with Crippen molar-refractivity contribution >= 4 is 28.3 Å². The van der Waals surface area contributed by atoms with Crippen LogP contribution in [0.1, 0.15) is 95.6 Å². The SMILES string of the molecule is CC(=O)NC(CCc1ccc(C(=O)CCCCc2ccccc2)cc1)(C(O)O[Si](C)(C)C(C)(C)C)C(O)O[Si](C)(C)C(C)(C)C. The molecule has 0 aliphatic heterocycles. The van der Waals surface area contributed by atoms with Gasteiger partial charge in [0.15, 0.2) is 35.0 Å². The molecule has 0 aliphatic carbocycles. The second kappa shape index (κ2) is 15.6. The fourth-order valence-electron chi connectivity index (χ4n) is 4.62. The van der Waals surface area contributed by atoms with Crippen LogP contribution in [0.2, 0.25) is 36.3 Å². The fraction of sp³-hybridized carbons (Fsp3) is 0.611. The molecule has 45 heavy (non-hydrogen) atoms. The lowest BCUT2D eigenvalue weighted by molar-refractivity contribution is -0.196. The number of rotatable bonds is 16. The summed E-state index contributed by atoms with van der Waals surface area (Å²) in [5, 5.41) is 26.0. The number of carbonyl (C=O) groups excluding carboxylic acids is 2. The Bertz CT molecular complexity index is 1200. The van der Waals surface area contributed by atoms with Crippen LogP contribution in [0.5, 0.6) is 0 Å². The Morgan fingerprint density at radius 1 is 0.733 bits per heavy atom. The van der Waals surface area contributed by atoms with Crippen molar-refractivity contribution in [1.29, 1.82) is 0 Å². The van der Waals surface area contributed by atoms with Crippen LogP contribution in [0.25, 0.3) is 0 Å². The third kappa shape index (κ3) is 11.0. The lowest BCUT2D eigenvalue weighted by Crippen LogP contribution is -2.68. The first-order valence-corrected chi connectivity index (χ1v) is 22.1. The van der Waals surface area contributed by atoms with Crippen LogP contribution in [-0.4, -0.2) is 56.7 Å². The van der Waals surface area contributed by atoms with Crippen molar-refractivity contribution in [3.05, 3.63) is 71.3 Å². The molecule has 0 saturated carbocycles. The summed E-state index contributed by atoms with van der Waals surface area (Å²) >= 11 is 0. The summed E-state index contributed by atoms with van der Waals surface area (Å²) in [6, 6.07) is 17.8. The molecule has 2 aromatic carbocycles. The molecular weight excluding hydrogens is 599 g/mol. The maximum Gasteiger partial charge on any atom is 0.217 e. The maximum absolute atomic E-state index is 12.9. The number of aryl methyl sites for hydroxylation is 2. The summed E-state index contributed by atoms with van der Waals surface area (Å²) in [6.07, 6.45) is 0.764. The number of unbranched alkanes of at least 4 members (excludes halogenated alkanes) is 1. The third-order valence-corrected chi connectivity index (χ3v) is 18.6. The van der Waals surface area contributed by atoms with Gasteiger partial charge in [-0.15, -0.1) is 0 Å². The molecule has 0 spiro atoms. The van der Waals surface area contributed by atoms with E-state index < -0.39 is 40.7 Å². The quantitative estimate of drug-likeness (QED) is 0.0737. The first-order valence-electron chi connectivity index (χ1n) is 16.3. The monoisotopic (exact) mass is 657 g/mol. The molecule has 1 amide bonds. The van der Waals surface area contributed by atoms with Crippen LogP contribution in [0.3, 0.4) is 0 Å². The predicted octanol–water partition coefficient (Wildman–Crippen LogP) is 7.77. The second-order valence-corrected chi connectivity index (χ2v) is 25.0. The number of amides is 1. The summed E-state index contributed by atoms with van der Waals surface area (Å²) in [5.74, 6) is -0.294. The van der Waals surface area contributed by atoms with E-state index in [4.69, 9.17) is 8.85 Å². The van der Waals surface area contributed by atoms with Crippen LogP contribution in [0.15, 0.2) is 54.6 Å². The van der Waals surface area contributed by atoms with E-state index in [1.807, 2.05) is 68.7 Å². The van der Waals surface area contributed by atoms with Crippen LogP contribution < -0.4 is 5.32 Å². The zero-order chi connectivity index (χ0) is 34.3. The van der Waals surface area contributed by atoms with E-state index in [1.165, 1.54) is 12.5 Å². The molecular formula is C36H59NO6Si2. The van der Waals surface area contributed by atoms with Gasteiger partial charge in [0.2, 0.25) is 5.91 Å². The molecule has 0 heterocycles. The maximum atomic E-state index is 12.9. The number of benzene rings is 2. The van der Waals surface area contributed by atoms with Crippen molar-refractivity contribution in [2.75, 3.05) is 0 Å². The molecule has 0 aromatic heterocycles. The van der Waals surface area contributed by atoms with Crippen molar-refractivity contribution in [2.24, 2.45) is 0 Å². The van der Waals surface area contributed by atoms with Gasteiger partial charge in [-0.25, -0.2) is 0 Å². The Balaban J connectivity index is 2.27. The Hall–Kier alpha value is -2.15. The highest BCUT2D eigenvalue weighted by molar-refractivity contribution is 6.74. The lowest BCUT2D eigenvalue weighted by Gasteiger charge is -2.49. The van der Waals surface area contributed by atoms with E-state index in [0.717, 1.165) is 24.8 Å². The number of carbonyl (C=O) groups is 2. The van der Waals surface area contributed by atoms with Crippen LogP contribution in [-0.2, 0) is 26.5 Å². The van der Waals surface area contributed by atoms with Gasteiger partial charge in [-0.2, -0.15) is 0 Å². The molecule has 3 N–H and O–H groups in total. The minimum atomic E-state index is -2.53. The lowest BCUT2D eigenvalue weighted by atomic mass is 9.89. The summed E-state index contributed by atoms with van der Waals surface area (Å²) < 4.78 is 12.8. The molecule has 0 bridgehead atoms. The number of hydrogen-bond donors (Lipinski definition) is 3. The standard InChI is InChI=1S/C36H59NO6Si2/c1-27(38)37-36(32(40)42-44(8,9)34(2,3)4,33(41)43-45(10,11)35(5,6)7)26-25-29-21-23-30(24-22-29)31(39)20-16-15-19-28-17-13-12-14-18-28/h12-14,17-18,21-24,32-33,40-41H,15-16,19-20,25-26H2,1-11H3,(H,37,38). The number of hydrogen-bond acceptors (Lipinski definition) is 6. The average Bonchev–Trinajstić information content (AvgIpc) is 2.92. The van der Waals surface area contributed by atoms with E-state index in [-0.39, 0.29) is 22.3 Å². The van der Waals surface area contributed by atoms with Crippen molar-refractivity contribution in [3.63, 3.8) is 0 Å². The van der Waals surface area contributed by atoms with E-state index in [1.54, 1.807) is 0 Å². The van der Waals surface area contributed by atoms with Crippen molar-refractivity contribution in [3.8, 4) is 0 Å². The third-order valence-electron chi connectivity index (χ3n) is 9.78. The minimum Gasteiger partial charge on any atom is -0.391 e. The summed E-state index contributed by atoms with van der Waals surface area (Å²) in [7, 11) is -5.05. The zero-order valence-corrected chi connectivity index (χ0v) is 31.6. The molecule has 2 rings (SSSR count). The molecule has 2 aromatic rings.